The molecule has 1 rings (SSSR count). The van der Waals surface area contributed by atoms with Crippen molar-refractivity contribution in [3.05, 3.63) is 0 Å². The Balaban J connectivity index is 2.35. The summed E-state index contributed by atoms with van der Waals surface area (Å²) in [6.45, 7) is 9.35. The zero-order valence-electron chi connectivity index (χ0n) is 12.0. The Morgan fingerprint density at radius 2 is 2.06 bits per heavy atom. The first-order chi connectivity index (χ1) is 7.77. The Hall–Kier alpha value is -0.120. The van der Waals surface area contributed by atoms with E-state index in [-0.39, 0.29) is 0 Å². The van der Waals surface area contributed by atoms with Gasteiger partial charge in [0.05, 0.1) is 5.60 Å². The minimum absolute atomic E-state index is 0.342. The molecule has 0 aromatic carbocycles. The van der Waals surface area contributed by atoms with Crippen LogP contribution in [0.25, 0.3) is 0 Å². The standard InChI is InChI=1S/C14H30N2O/c1-13(2,3)11-16(4)9-7-12-6-5-8-14(12,17)10-15/h12,17H,5-11,15H2,1-4H3. The molecule has 1 saturated carbocycles. The predicted molar refractivity (Wildman–Crippen MR) is 72.9 cm³/mol. The molecule has 1 fully saturated rings. The van der Waals surface area contributed by atoms with E-state index >= 15 is 0 Å². The quantitative estimate of drug-likeness (QED) is 0.773. The van der Waals surface area contributed by atoms with Crippen LogP contribution in [0.15, 0.2) is 0 Å². The van der Waals surface area contributed by atoms with Crippen LogP contribution in [0.3, 0.4) is 0 Å². The van der Waals surface area contributed by atoms with Crippen molar-refractivity contribution in [2.75, 3.05) is 26.7 Å². The van der Waals surface area contributed by atoms with Gasteiger partial charge in [0, 0.05) is 13.1 Å². The Bertz CT molecular complexity index is 237. The summed E-state index contributed by atoms with van der Waals surface area (Å²) in [6, 6.07) is 0. The van der Waals surface area contributed by atoms with E-state index in [0.29, 0.717) is 17.9 Å². The van der Waals surface area contributed by atoms with Gasteiger partial charge in [-0.3, -0.25) is 0 Å². The van der Waals surface area contributed by atoms with Gasteiger partial charge in [-0.25, -0.2) is 0 Å². The monoisotopic (exact) mass is 242 g/mol. The zero-order chi connectivity index (χ0) is 13.1. The van der Waals surface area contributed by atoms with Crippen molar-refractivity contribution >= 4 is 0 Å². The summed E-state index contributed by atoms with van der Waals surface area (Å²) in [5, 5.41) is 10.4. The molecule has 0 saturated heterocycles. The maximum Gasteiger partial charge on any atom is 0.0797 e. The molecule has 2 atom stereocenters. The molecule has 0 bridgehead atoms. The maximum absolute atomic E-state index is 10.4. The molecule has 3 nitrogen and oxygen atoms in total. The Kier molecular flexibility index (Phi) is 4.99. The number of nitrogens with zero attached hydrogens (tertiary/aromatic N) is 1. The zero-order valence-corrected chi connectivity index (χ0v) is 12.0. The van der Waals surface area contributed by atoms with Crippen molar-refractivity contribution in [2.45, 2.75) is 52.1 Å². The highest BCUT2D eigenvalue weighted by Gasteiger charge is 2.39. The third kappa shape index (κ3) is 4.57. The number of rotatable bonds is 5. The van der Waals surface area contributed by atoms with Gasteiger partial charge in [-0.2, -0.15) is 0 Å². The van der Waals surface area contributed by atoms with Gasteiger partial charge in [0.15, 0.2) is 0 Å². The minimum Gasteiger partial charge on any atom is -0.388 e. The maximum atomic E-state index is 10.4. The molecule has 0 heterocycles. The van der Waals surface area contributed by atoms with Crippen LogP contribution in [0, 0.1) is 11.3 Å². The molecule has 17 heavy (non-hydrogen) atoms. The molecule has 1 aliphatic rings. The van der Waals surface area contributed by atoms with Crippen LogP contribution in [0.4, 0.5) is 0 Å². The minimum atomic E-state index is -0.581. The van der Waals surface area contributed by atoms with E-state index in [4.69, 9.17) is 5.73 Å². The normalized spacial score (nSPS) is 30.2. The lowest BCUT2D eigenvalue weighted by Crippen LogP contribution is -2.42. The highest BCUT2D eigenvalue weighted by Crippen LogP contribution is 2.37. The van der Waals surface area contributed by atoms with Gasteiger partial charge >= 0.3 is 0 Å². The predicted octanol–water partition coefficient (Wildman–Crippen LogP) is 1.84. The Morgan fingerprint density at radius 1 is 1.41 bits per heavy atom. The second-order valence-corrected chi connectivity index (χ2v) is 6.98. The second-order valence-electron chi connectivity index (χ2n) is 6.98. The Morgan fingerprint density at radius 3 is 2.59 bits per heavy atom. The highest BCUT2D eigenvalue weighted by atomic mass is 16.3. The van der Waals surface area contributed by atoms with Crippen LogP contribution in [0.1, 0.15) is 46.5 Å². The lowest BCUT2D eigenvalue weighted by Gasteiger charge is -2.31. The molecular weight excluding hydrogens is 212 g/mol. The van der Waals surface area contributed by atoms with E-state index in [1.54, 1.807) is 0 Å². The van der Waals surface area contributed by atoms with Crippen molar-refractivity contribution in [3.63, 3.8) is 0 Å². The van der Waals surface area contributed by atoms with Gasteiger partial charge in [0.2, 0.25) is 0 Å². The van der Waals surface area contributed by atoms with Crippen molar-refractivity contribution in [2.24, 2.45) is 17.1 Å². The van der Waals surface area contributed by atoms with Gasteiger partial charge in [0.25, 0.3) is 0 Å². The average molecular weight is 242 g/mol. The summed E-state index contributed by atoms with van der Waals surface area (Å²) in [4.78, 5) is 2.37. The first-order valence-corrected chi connectivity index (χ1v) is 6.88. The molecule has 0 aliphatic heterocycles. The number of hydrogen-bond donors (Lipinski definition) is 2. The number of nitrogens with two attached hydrogens (primary N) is 1. The molecule has 1 aliphatic carbocycles. The first kappa shape index (κ1) is 14.9. The molecule has 0 radical (unpaired) electrons. The lowest BCUT2D eigenvalue weighted by molar-refractivity contribution is 0.00460. The fourth-order valence-corrected chi connectivity index (χ4v) is 3.07. The topological polar surface area (TPSA) is 49.5 Å². The van der Waals surface area contributed by atoms with E-state index < -0.39 is 5.60 Å². The van der Waals surface area contributed by atoms with Crippen molar-refractivity contribution < 1.29 is 5.11 Å². The van der Waals surface area contributed by atoms with Crippen LogP contribution in [0.2, 0.25) is 0 Å². The molecule has 3 heteroatoms. The molecule has 3 N–H and O–H groups in total. The summed E-state index contributed by atoms with van der Waals surface area (Å²) in [6.07, 6.45) is 4.22. The summed E-state index contributed by atoms with van der Waals surface area (Å²) in [7, 11) is 2.17. The third-order valence-corrected chi connectivity index (χ3v) is 3.88. The van der Waals surface area contributed by atoms with Crippen LogP contribution in [-0.4, -0.2) is 42.3 Å². The van der Waals surface area contributed by atoms with E-state index in [0.717, 1.165) is 38.8 Å². The summed E-state index contributed by atoms with van der Waals surface area (Å²) in [5.41, 5.74) is 5.46. The van der Waals surface area contributed by atoms with E-state index in [1.165, 1.54) is 0 Å². The molecular formula is C14H30N2O. The SMILES string of the molecule is CN(CCC1CCCC1(O)CN)CC(C)(C)C. The van der Waals surface area contributed by atoms with Crippen LogP contribution >= 0.6 is 0 Å². The van der Waals surface area contributed by atoms with E-state index in [9.17, 15) is 5.11 Å². The fourth-order valence-electron chi connectivity index (χ4n) is 3.07. The number of aliphatic hydroxyl groups is 1. The van der Waals surface area contributed by atoms with Crippen molar-refractivity contribution in [1.82, 2.24) is 4.90 Å². The molecule has 102 valence electrons. The largest absolute Gasteiger partial charge is 0.388 e. The van der Waals surface area contributed by atoms with Crippen LogP contribution < -0.4 is 5.73 Å². The third-order valence-electron chi connectivity index (χ3n) is 3.88. The summed E-state index contributed by atoms with van der Waals surface area (Å²) >= 11 is 0. The highest BCUT2D eigenvalue weighted by molar-refractivity contribution is 4.93. The van der Waals surface area contributed by atoms with E-state index in [2.05, 4.69) is 32.7 Å². The molecule has 0 amide bonds. The summed E-state index contributed by atoms with van der Waals surface area (Å²) < 4.78 is 0. The van der Waals surface area contributed by atoms with Crippen molar-refractivity contribution in [1.29, 1.82) is 0 Å². The summed E-state index contributed by atoms with van der Waals surface area (Å²) in [5.74, 6) is 0.398. The number of hydrogen-bond acceptors (Lipinski definition) is 3. The van der Waals surface area contributed by atoms with Crippen molar-refractivity contribution in [3.8, 4) is 0 Å². The van der Waals surface area contributed by atoms with Crippen LogP contribution in [-0.2, 0) is 0 Å². The molecule has 2 unspecified atom stereocenters. The first-order valence-electron chi connectivity index (χ1n) is 6.88. The van der Waals surface area contributed by atoms with Gasteiger partial charge in [0.1, 0.15) is 0 Å². The second kappa shape index (κ2) is 5.68. The molecule has 0 spiro atoms. The lowest BCUT2D eigenvalue weighted by atomic mass is 9.88. The fraction of sp³-hybridized carbons (Fsp3) is 1.00. The van der Waals surface area contributed by atoms with Gasteiger partial charge in [-0.15, -0.1) is 0 Å². The van der Waals surface area contributed by atoms with Gasteiger partial charge in [-0.1, -0.05) is 27.2 Å². The van der Waals surface area contributed by atoms with Crippen LogP contribution in [0.5, 0.6) is 0 Å². The van der Waals surface area contributed by atoms with Gasteiger partial charge in [-0.05, 0) is 44.2 Å². The molecule has 0 aromatic rings. The smallest absolute Gasteiger partial charge is 0.0797 e. The molecule has 0 aromatic heterocycles. The van der Waals surface area contributed by atoms with Gasteiger partial charge < -0.3 is 15.7 Å². The van der Waals surface area contributed by atoms with E-state index in [1.807, 2.05) is 0 Å². The Labute approximate surface area is 106 Å². The average Bonchev–Trinajstić information content (AvgIpc) is 2.55.